The molecule has 0 aromatic carbocycles. The third-order valence-electron chi connectivity index (χ3n) is 1.91. The molecule has 1 aliphatic rings. The molecule has 0 amide bonds. The molecule has 1 nitrogen and oxygen atoms in total. The lowest BCUT2D eigenvalue weighted by molar-refractivity contribution is 0.0563. The molecule has 2 atom stereocenters. The molecule has 0 aliphatic carbocycles. The highest BCUT2D eigenvalue weighted by Gasteiger charge is 2.21. The molecule has 0 aromatic heterocycles. The summed E-state index contributed by atoms with van der Waals surface area (Å²) in [7, 11) is 0. The molecular weight excluding hydrogens is 136 g/mol. The van der Waals surface area contributed by atoms with Crippen molar-refractivity contribution in [3.05, 3.63) is 0 Å². The third-order valence-corrected chi connectivity index (χ3v) is 2.48. The van der Waals surface area contributed by atoms with Crippen LogP contribution in [0.4, 0.5) is 0 Å². The number of alkyl halides is 1. The molecule has 0 bridgehead atoms. The molecule has 1 heterocycles. The van der Waals surface area contributed by atoms with Crippen LogP contribution in [0.1, 0.15) is 19.8 Å². The Balaban J connectivity index is 2.30. The van der Waals surface area contributed by atoms with E-state index in [-0.39, 0.29) is 0 Å². The second-order valence-corrected chi connectivity index (χ2v) is 3.11. The van der Waals surface area contributed by atoms with Crippen LogP contribution < -0.4 is 0 Å². The van der Waals surface area contributed by atoms with Gasteiger partial charge in [0.25, 0.3) is 0 Å². The highest BCUT2D eigenvalue weighted by atomic mass is 35.5. The van der Waals surface area contributed by atoms with E-state index in [2.05, 4.69) is 6.92 Å². The van der Waals surface area contributed by atoms with Gasteiger partial charge in [-0.3, -0.25) is 0 Å². The summed E-state index contributed by atoms with van der Waals surface area (Å²) < 4.78 is 5.26. The standard InChI is InChI=1S/C7H13ClO/c1-2-6-5-9-4-3-7(6)8/h6-7H,2-5H2,1H3/t6-,7-/m0/s1. The molecule has 0 aromatic rings. The number of ether oxygens (including phenoxy) is 1. The highest BCUT2D eigenvalue weighted by Crippen LogP contribution is 2.22. The van der Waals surface area contributed by atoms with Crippen molar-refractivity contribution < 1.29 is 4.74 Å². The van der Waals surface area contributed by atoms with E-state index in [9.17, 15) is 0 Å². The van der Waals surface area contributed by atoms with E-state index in [0.717, 1.165) is 26.1 Å². The topological polar surface area (TPSA) is 9.23 Å². The van der Waals surface area contributed by atoms with Gasteiger partial charge in [0, 0.05) is 12.0 Å². The van der Waals surface area contributed by atoms with Crippen molar-refractivity contribution in [2.45, 2.75) is 25.1 Å². The zero-order chi connectivity index (χ0) is 6.69. The summed E-state index contributed by atoms with van der Waals surface area (Å²) in [5.41, 5.74) is 0. The van der Waals surface area contributed by atoms with E-state index < -0.39 is 0 Å². The van der Waals surface area contributed by atoms with Gasteiger partial charge in [0.2, 0.25) is 0 Å². The van der Waals surface area contributed by atoms with E-state index in [1.165, 1.54) is 0 Å². The van der Waals surface area contributed by atoms with Crippen LogP contribution in [0.3, 0.4) is 0 Å². The minimum atomic E-state index is 0.365. The smallest absolute Gasteiger partial charge is 0.0508 e. The van der Waals surface area contributed by atoms with Crippen molar-refractivity contribution in [2.75, 3.05) is 13.2 Å². The summed E-state index contributed by atoms with van der Waals surface area (Å²) in [5, 5.41) is 0.365. The second kappa shape index (κ2) is 3.43. The van der Waals surface area contributed by atoms with E-state index in [4.69, 9.17) is 16.3 Å². The van der Waals surface area contributed by atoms with Crippen LogP contribution >= 0.6 is 11.6 Å². The average Bonchev–Trinajstić information content (AvgIpc) is 1.89. The van der Waals surface area contributed by atoms with Crippen molar-refractivity contribution in [2.24, 2.45) is 5.92 Å². The largest absolute Gasteiger partial charge is 0.381 e. The van der Waals surface area contributed by atoms with Crippen LogP contribution in [0.15, 0.2) is 0 Å². The lowest BCUT2D eigenvalue weighted by Gasteiger charge is -2.25. The molecule has 0 unspecified atom stereocenters. The molecule has 0 radical (unpaired) electrons. The van der Waals surface area contributed by atoms with Crippen molar-refractivity contribution in [1.82, 2.24) is 0 Å². The predicted molar refractivity (Wildman–Crippen MR) is 38.9 cm³/mol. The molecule has 9 heavy (non-hydrogen) atoms. The van der Waals surface area contributed by atoms with Gasteiger partial charge in [0.15, 0.2) is 0 Å². The quantitative estimate of drug-likeness (QED) is 0.518. The van der Waals surface area contributed by atoms with Crippen molar-refractivity contribution in [1.29, 1.82) is 0 Å². The Hall–Kier alpha value is 0.250. The van der Waals surface area contributed by atoms with Gasteiger partial charge in [-0.05, 0) is 18.8 Å². The maximum Gasteiger partial charge on any atom is 0.0508 e. The Bertz CT molecular complexity index is 85.0. The fourth-order valence-corrected chi connectivity index (χ4v) is 1.48. The molecule has 1 rings (SSSR count). The van der Waals surface area contributed by atoms with Crippen molar-refractivity contribution in [3.8, 4) is 0 Å². The van der Waals surface area contributed by atoms with Crippen LogP contribution in [-0.2, 0) is 4.74 Å². The van der Waals surface area contributed by atoms with E-state index in [0.29, 0.717) is 11.3 Å². The maximum absolute atomic E-state index is 6.00. The van der Waals surface area contributed by atoms with Gasteiger partial charge in [-0.25, -0.2) is 0 Å². The molecule has 1 saturated heterocycles. The lowest BCUT2D eigenvalue weighted by Crippen LogP contribution is -2.27. The number of hydrogen-bond donors (Lipinski definition) is 0. The second-order valence-electron chi connectivity index (χ2n) is 2.55. The summed E-state index contributed by atoms with van der Waals surface area (Å²) >= 11 is 6.00. The molecule has 54 valence electrons. The van der Waals surface area contributed by atoms with Gasteiger partial charge in [0.05, 0.1) is 6.61 Å². The molecule has 1 aliphatic heterocycles. The molecular formula is C7H13ClO. The van der Waals surface area contributed by atoms with Crippen LogP contribution in [0.5, 0.6) is 0 Å². The number of hydrogen-bond acceptors (Lipinski definition) is 1. The highest BCUT2D eigenvalue weighted by molar-refractivity contribution is 6.20. The maximum atomic E-state index is 6.00. The van der Waals surface area contributed by atoms with Crippen LogP contribution in [0.2, 0.25) is 0 Å². The fourth-order valence-electron chi connectivity index (χ4n) is 1.14. The van der Waals surface area contributed by atoms with E-state index in [1.807, 2.05) is 0 Å². The zero-order valence-corrected chi connectivity index (χ0v) is 6.53. The monoisotopic (exact) mass is 148 g/mol. The van der Waals surface area contributed by atoms with Gasteiger partial charge in [0.1, 0.15) is 0 Å². The third kappa shape index (κ3) is 1.84. The minimum Gasteiger partial charge on any atom is -0.381 e. The lowest BCUT2D eigenvalue weighted by atomic mass is 9.99. The first kappa shape index (κ1) is 7.36. The summed E-state index contributed by atoms with van der Waals surface area (Å²) in [5.74, 6) is 0.598. The Morgan fingerprint density at radius 3 is 2.89 bits per heavy atom. The van der Waals surface area contributed by atoms with E-state index in [1.54, 1.807) is 0 Å². The van der Waals surface area contributed by atoms with Crippen LogP contribution in [-0.4, -0.2) is 18.6 Å². The number of rotatable bonds is 1. The SMILES string of the molecule is CC[C@H]1COCC[C@@H]1Cl. The summed E-state index contributed by atoms with van der Waals surface area (Å²) in [6.07, 6.45) is 2.17. The summed E-state index contributed by atoms with van der Waals surface area (Å²) in [4.78, 5) is 0. The molecule has 0 saturated carbocycles. The fraction of sp³-hybridized carbons (Fsp3) is 1.00. The molecule has 2 heteroatoms. The average molecular weight is 149 g/mol. The molecule has 1 fully saturated rings. The Kier molecular flexibility index (Phi) is 2.80. The number of halogens is 1. The van der Waals surface area contributed by atoms with Crippen molar-refractivity contribution in [3.63, 3.8) is 0 Å². The van der Waals surface area contributed by atoms with Gasteiger partial charge in [-0.2, -0.15) is 0 Å². The Morgan fingerprint density at radius 1 is 1.67 bits per heavy atom. The summed E-state index contributed by atoms with van der Waals surface area (Å²) in [6, 6.07) is 0. The van der Waals surface area contributed by atoms with Crippen LogP contribution in [0.25, 0.3) is 0 Å². The predicted octanol–water partition coefficient (Wildman–Crippen LogP) is 2.04. The van der Waals surface area contributed by atoms with E-state index >= 15 is 0 Å². The first-order chi connectivity index (χ1) is 4.34. The minimum absolute atomic E-state index is 0.365. The van der Waals surface area contributed by atoms with Gasteiger partial charge in [-0.15, -0.1) is 11.6 Å². The molecule has 0 spiro atoms. The van der Waals surface area contributed by atoms with Gasteiger partial charge >= 0.3 is 0 Å². The van der Waals surface area contributed by atoms with Gasteiger partial charge < -0.3 is 4.74 Å². The first-order valence-electron chi connectivity index (χ1n) is 3.56. The normalized spacial score (nSPS) is 36.7. The van der Waals surface area contributed by atoms with Crippen molar-refractivity contribution >= 4 is 11.6 Å². The van der Waals surface area contributed by atoms with Gasteiger partial charge in [-0.1, -0.05) is 6.92 Å². The Labute approximate surface area is 61.3 Å². The zero-order valence-electron chi connectivity index (χ0n) is 5.77. The molecule has 0 N–H and O–H groups in total. The summed E-state index contributed by atoms with van der Waals surface area (Å²) in [6.45, 7) is 3.88. The van der Waals surface area contributed by atoms with Crippen LogP contribution in [0, 0.1) is 5.92 Å². The first-order valence-corrected chi connectivity index (χ1v) is 4.00. The Morgan fingerprint density at radius 2 is 2.44 bits per heavy atom.